The monoisotopic (exact) mass is 403 g/mol. The summed E-state index contributed by atoms with van der Waals surface area (Å²) in [6.07, 6.45) is 0. The summed E-state index contributed by atoms with van der Waals surface area (Å²) in [7, 11) is 1.64. The highest BCUT2D eigenvalue weighted by molar-refractivity contribution is 5.92. The minimum Gasteiger partial charge on any atom is -0.497 e. The zero-order valence-corrected chi connectivity index (χ0v) is 16.4. The molecule has 0 saturated carbocycles. The summed E-state index contributed by atoms with van der Waals surface area (Å²) in [4.78, 5) is 9.24. The van der Waals surface area contributed by atoms with Gasteiger partial charge in [0.15, 0.2) is 0 Å². The standard InChI is InChI=1S/C22H17N5O.ClH/c1-28-18-12-10-16(11-13-18)24-21-19-4-2-3-5-20(19)26-22(27-21)25-17-8-6-15(14-23)7-9-17;/h2-13H,1H3,(H2,24,25,26,27);1H. The largest absolute Gasteiger partial charge is 0.497 e. The fourth-order valence-corrected chi connectivity index (χ4v) is 2.80. The Kier molecular flexibility index (Phi) is 6.12. The van der Waals surface area contributed by atoms with Crippen molar-refractivity contribution in [2.45, 2.75) is 0 Å². The maximum atomic E-state index is 8.93. The van der Waals surface area contributed by atoms with E-state index < -0.39 is 0 Å². The van der Waals surface area contributed by atoms with Gasteiger partial charge in [0.25, 0.3) is 0 Å². The van der Waals surface area contributed by atoms with Crippen molar-refractivity contribution >= 4 is 46.5 Å². The molecule has 0 unspecified atom stereocenters. The molecule has 29 heavy (non-hydrogen) atoms. The summed E-state index contributed by atoms with van der Waals surface area (Å²) in [5, 5.41) is 16.4. The fraction of sp³-hybridized carbons (Fsp3) is 0.0455. The Balaban J connectivity index is 0.00000240. The number of anilines is 4. The normalized spacial score (nSPS) is 9.93. The average molecular weight is 404 g/mol. The SMILES string of the molecule is COc1ccc(Nc2nc(Nc3ccc(C#N)cc3)nc3ccccc23)cc1.Cl. The van der Waals surface area contributed by atoms with Gasteiger partial charge >= 0.3 is 0 Å². The van der Waals surface area contributed by atoms with Crippen molar-refractivity contribution in [1.29, 1.82) is 5.26 Å². The molecule has 0 spiro atoms. The minimum absolute atomic E-state index is 0. The third-order valence-corrected chi connectivity index (χ3v) is 4.23. The Hall–Kier alpha value is -3.82. The molecule has 4 rings (SSSR count). The van der Waals surface area contributed by atoms with E-state index in [0.717, 1.165) is 28.0 Å². The van der Waals surface area contributed by atoms with Gasteiger partial charge in [-0.05, 0) is 60.7 Å². The van der Waals surface area contributed by atoms with Crippen LogP contribution < -0.4 is 15.4 Å². The molecule has 1 aromatic heterocycles. The molecule has 7 heteroatoms. The Morgan fingerprint density at radius 3 is 2.17 bits per heavy atom. The summed E-state index contributed by atoms with van der Waals surface area (Å²) in [5.41, 5.74) is 3.13. The Morgan fingerprint density at radius 1 is 0.828 bits per heavy atom. The number of nitriles is 1. The van der Waals surface area contributed by atoms with Crippen molar-refractivity contribution in [1.82, 2.24) is 9.97 Å². The first kappa shape index (κ1) is 19.9. The molecule has 0 aliphatic rings. The summed E-state index contributed by atoms with van der Waals surface area (Å²) in [5.74, 6) is 1.97. The quantitative estimate of drug-likeness (QED) is 0.463. The van der Waals surface area contributed by atoms with Crippen molar-refractivity contribution in [3.63, 3.8) is 0 Å². The van der Waals surface area contributed by atoms with Crippen LogP contribution in [0.2, 0.25) is 0 Å². The zero-order chi connectivity index (χ0) is 19.3. The number of benzene rings is 3. The highest BCUT2D eigenvalue weighted by Gasteiger charge is 2.08. The lowest BCUT2D eigenvalue weighted by molar-refractivity contribution is 0.415. The number of methoxy groups -OCH3 is 1. The maximum Gasteiger partial charge on any atom is 0.229 e. The second kappa shape index (κ2) is 8.91. The van der Waals surface area contributed by atoms with Crippen LogP contribution in [0, 0.1) is 11.3 Å². The summed E-state index contributed by atoms with van der Waals surface area (Å²) in [6, 6.07) is 24.7. The molecular formula is C22H18ClN5O. The molecule has 0 bridgehead atoms. The molecule has 0 atom stereocenters. The smallest absolute Gasteiger partial charge is 0.229 e. The number of hydrogen-bond acceptors (Lipinski definition) is 6. The third-order valence-electron chi connectivity index (χ3n) is 4.23. The van der Waals surface area contributed by atoms with E-state index >= 15 is 0 Å². The highest BCUT2D eigenvalue weighted by atomic mass is 35.5. The number of halogens is 1. The molecule has 4 aromatic rings. The van der Waals surface area contributed by atoms with Gasteiger partial charge in [-0.3, -0.25) is 0 Å². The molecule has 0 fully saturated rings. The first-order valence-electron chi connectivity index (χ1n) is 8.70. The number of nitrogens with one attached hydrogen (secondary N) is 2. The van der Waals surface area contributed by atoms with E-state index in [1.165, 1.54) is 0 Å². The van der Waals surface area contributed by atoms with Crippen molar-refractivity contribution in [2.75, 3.05) is 17.7 Å². The van der Waals surface area contributed by atoms with Crippen molar-refractivity contribution in [3.05, 3.63) is 78.4 Å². The second-order valence-corrected chi connectivity index (χ2v) is 6.08. The summed E-state index contributed by atoms with van der Waals surface area (Å²) < 4.78 is 5.21. The molecule has 3 aromatic carbocycles. The van der Waals surface area contributed by atoms with Crippen LogP contribution in [0.25, 0.3) is 10.9 Å². The van der Waals surface area contributed by atoms with E-state index in [4.69, 9.17) is 10.00 Å². The van der Waals surface area contributed by atoms with Crippen LogP contribution in [0.15, 0.2) is 72.8 Å². The third kappa shape index (κ3) is 4.54. The van der Waals surface area contributed by atoms with Crippen molar-refractivity contribution in [2.24, 2.45) is 0 Å². The molecule has 0 saturated heterocycles. The van der Waals surface area contributed by atoms with E-state index in [0.29, 0.717) is 17.3 Å². The van der Waals surface area contributed by atoms with E-state index in [-0.39, 0.29) is 12.4 Å². The lowest BCUT2D eigenvalue weighted by Crippen LogP contribution is -2.02. The van der Waals surface area contributed by atoms with Gasteiger partial charge in [-0.15, -0.1) is 12.4 Å². The van der Waals surface area contributed by atoms with E-state index in [1.807, 2.05) is 60.7 Å². The highest BCUT2D eigenvalue weighted by Crippen LogP contribution is 2.27. The van der Waals surface area contributed by atoms with Gasteiger partial charge in [0, 0.05) is 16.8 Å². The molecule has 0 radical (unpaired) electrons. The Bertz CT molecular complexity index is 1150. The van der Waals surface area contributed by atoms with Crippen LogP contribution in [0.1, 0.15) is 5.56 Å². The zero-order valence-electron chi connectivity index (χ0n) is 15.6. The van der Waals surface area contributed by atoms with Gasteiger partial charge in [-0.2, -0.15) is 10.2 Å². The average Bonchev–Trinajstić information content (AvgIpc) is 2.75. The maximum absolute atomic E-state index is 8.93. The van der Waals surface area contributed by atoms with Gasteiger partial charge in [0.05, 0.1) is 24.3 Å². The molecule has 1 heterocycles. The number of nitrogens with zero attached hydrogens (tertiary/aromatic N) is 3. The first-order valence-corrected chi connectivity index (χ1v) is 8.70. The molecule has 144 valence electrons. The van der Waals surface area contributed by atoms with Crippen molar-refractivity contribution < 1.29 is 4.74 Å². The van der Waals surface area contributed by atoms with Gasteiger partial charge < -0.3 is 15.4 Å². The van der Waals surface area contributed by atoms with Crippen molar-refractivity contribution in [3.8, 4) is 11.8 Å². The number of rotatable bonds is 5. The Morgan fingerprint density at radius 2 is 1.48 bits per heavy atom. The number of aromatic nitrogens is 2. The van der Waals surface area contributed by atoms with Crippen LogP contribution in [0.3, 0.4) is 0 Å². The van der Waals surface area contributed by atoms with Gasteiger partial charge in [0.2, 0.25) is 5.95 Å². The van der Waals surface area contributed by atoms with Crippen LogP contribution in [0.5, 0.6) is 5.75 Å². The fourth-order valence-electron chi connectivity index (χ4n) is 2.80. The van der Waals surface area contributed by atoms with Gasteiger partial charge in [-0.25, -0.2) is 4.98 Å². The lowest BCUT2D eigenvalue weighted by Gasteiger charge is -2.12. The second-order valence-electron chi connectivity index (χ2n) is 6.08. The minimum atomic E-state index is 0. The van der Waals surface area contributed by atoms with Gasteiger partial charge in [0.1, 0.15) is 11.6 Å². The predicted octanol–water partition coefficient (Wildman–Crippen LogP) is 5.42. The number of para-hydroxylation sites is 1. The molecule has 0 aliphatic heterocycles. The van der Waals surface area contributed by atoms with Crippen LogP contribution in [0.4, 0.5) is 23.1 Å². The van der Waals surface area contributed by atoms with E-state index in [9.17, 15) is 0 Å². The lowest BCUT2D eigenvalue weighted by atomic mass is 10.2. The number of ether oxygens (including phenoxy) is 1. The molecular weight excluding hydrogens is 386 g/mol. The van der Waals surface area contributed by atoms with Crippen LogP contribution >= 0.6 is 12.4 Å². The van der Waals surface area contributed by atoms with Gasteiger partial charge in [-0.1, -0.05) is 12.1 Å². The van der Waals surface area contributed by atoms with E-state index in [1.54, 1.807) is 19.2 Å². The topological polar surface area (TPSA) is 82.9 Å². The molecule has 6 nitrogen and oxygen atoms in total. The van der Waals surface area contributed by atoms with Crippen LogP contribution in [-0.4, -0.2) is 17.1 Å². The Labute approximate surface area is 174 Å². The predicted molar refractivity (Wildman–Crippen MR) is 118 cm³/mol. The molecule has 2 N–H and O–H groups in total. The summed E-state index contributed by atoms with van der Waals surface area (Å²) in [6.45, 7) is 0. The number of hydrogen-bond donors (Lipinski definition) is 2. The van der Waals surface area contributed by atoms with Crippen LogP contribution in [-0.2, 0) is 0 Å². The number of fused-ring (bicyclic) bond motifs is 1. The molecule has 0 amide bonds. The first-order chi connectivity index (χ1) is 13.7. The van der Waals surface area contributed by atoms with E-state index in [2.05, 4.69) is 26.7 Å². The molecule has 0 aliphatic carbocycles. The summed E-state index contributed by atoms with van der Waals surface area (Å²) >= 11 is 0.